The number of esters is 1. The van der Waals surface area contributed by atoms with Crippen LogP contribution in [-0.4, -0.2) is 37.4 Å². The Bertz CT molecular complexity index is 494. The van der Waals surface area contributed by atoms with Crippen LogP contribution in [0.4, 0.5) is 0 Å². The highest BCUT2D eigenvalue weighted by Gasteiger charge is 2.23. The van der Waals surface area contributed by atoms with Gasteiger partial charge in [0, 0.05) is 6.42 Å². The highest BCUT2D eigenvalue weighted by atomic mass is 16.5. The summed E-state index contributed by atoms with van der Waals surface area (Å²) in [6.45, 7) is 9.32. The van der Waals surface area contributed by atoms with Gasteiger partial charge in [-0.1, -0.05) is 0 Å². The maximum atomic E-state index is 11.4. The zero-order chi connectivity index (χ0) is 17.5. The normalized spacial score (nSPS) is 12.1. The molecule has 0 aliphatic carbocycles. The van der Waals surface area contributed by atoms with Gasteiger partial charge in [-0.3, -0.25) is 0 Å². The first-order valence-corrected chi connectivity index (χ1v) is 7.90. The average Bonchev–Trinajstić information content (AvgIpc) is 2.46. The summed E-state index contributed by atoms with van der Waals surface area (Å²) in [5, 5.41) is 0. The summed E-state index contributed by atoms with van der Waals surface area (Å²) in [5.41, 5.74) is 5.50. The number of benzene rings is 1. The number of methoxy groups -OCH3 is 1. The third-order valence-electron chi connectivity index (χ3n) is 3.61. The highest BCUT2D eigenvalue weighted by Crippen LogP contribution is 2.23. The lowest BCUT2D eigenvalue weighted by Gasteiger charge is -2.30. The Morgan fingerprint density at radius 1 is 1.04 bits per heavy atom. The predicted octanol–water partition coefficient (Wildman–Crippen LogP) is 3.16. The van der Waals surface area contributed by atoms with E-state index >= 15 is 0 Å². The van der Waals surface area contributed by atoms with Crippen LogP contribution in [-0.2, 0) is 9.47 Å². The van der Waals surface area contributed by atoms with Crippen molar-refractivity contribution in [3.05, 3.63) is 29.8 Å². The molecule has 0 saturated carbocycles. The van der Waals surface area contributed by atoms with Gasteiger partial charge in [-0.05, 0) is 64.9 Å². The number of hydrogen-bond donors (Lipinski definition) is 1. The van der Waals surface area contributed by atoms with Crippen LogP contribution in [0.1, 0.15) is 50.9 Å². The van der Waals surface area contributed by atoms with E-state index in [0.717, 1.165) is 12.8 Å². The Labute approximate surface area is 139 Å². The van der Waals surface area contributed by atoms with Gasteiger partial charge in [-0.2, -0.15) is 0 Å². The minimum absolute atomic E-state index is 0.215. The van der Waals surface area contributed by atoms with Crippen molar-refractivity contribution in [2.45, 2.75) is 51.7 Å². The smallest absolute Gasteiger partial charge is 0.337 e. The second-order valence-corrected chi connectivity index (χ2v) is 6.77. The lowest BCUT2D eigenvalue weighted by Crippen LogP contribution is -2.33. The Balaban J connectivity index is 2.52. The Morgan fingerprint density at radius 2 is 1.65 bits per heavy atom. The predicted molar refractivity (Wildman–Crippen MR) is 90.8 cm³/mol. The Kier molecular flexibility index (Phi) is 7.03. The van der Waals surface area contributed by atoms with Gasteiger partial charge in [-0.25, -0.2) is 4.79 Å². The summed E-state index contributed by atoms with van der Waals surface area (Å²) in [4.78, 5) is 11.4. The SMILES string of the molecule is COC(=O)c1ccc(OC(C)(C)CCOC(C)(C)CCN)cc1. The van der Waals surface area contributed by atoms with Gasteiger partial charge >= 0.3 is 5.97 Å². The highest BCUT2D eigenvalue weighted by molar-refractivity contribution is 5.89. The van der Waals surface area contributed by atoms with Crippen molar-refractivity contribution in [3.8, 4) is 5.75 Å². The van der Waals surface area contributed by atoms with Crippen LogP contribution in [0.3, 0.4) is 0 Å². The second-order valence-electron chi connectivity index (χ2n) is 6.77. The van der Waals surface area contributed by atoms with E-state index in [9.17, 15) is 4.79 Å². The molecule has 1 rings (SSSR count). The first-order chi connectivity index (χ1) is 10.7. The molecule has 130 valence electrons. The number of ether oxygens (including phenoxy) is 3. The molecule has 1 aromatic rings. The molecule has 0 unspecified atom stereocenters. The van der Waals surface area contributed by atoms with Crippen LogP contribution in [0.25, 0.3) is 0 Å². The minimum Gasteiger partial charge on any atom is -0.488 e. The van der Waals surface area contributed by atoms with Gasteiger partial charge in [0.15, 0.2) is 0 Å². The summed E-state index contributed by atoms with van der Waals surface area (Å²) in [6.07, 6.45) is 1.57. The topological polar surface area (TPSA) is 70.8 Å². The van der Waals surface area contributed by atoms with E-state index in [1.54, 1.807) is 24.3 Å². The van der Waals surface area contributed by atoms with Crippen LogP contribution in [0.2, 0.25) is 0 Å². The quantitative estimate of drug-likeness (QED) is 0.707. The number of carbonyl (C=O) groups excluding carboxylic acids is 1. The number of nitrogens with two attached hydrogens (primary N) is 1. The third kappa shape index (κ3) is 7.01. The molecule has 0 amide bonds. The van der Waals surface area contributed by atoms with E-state index in [-0.39, 0.29) is 17.2 Å². The van der Waals surface area contributed by atoms with Gasteiger partial charge in [0.05, 0.1) is 24.9 Å². The zero-order valence-corrected chi connectivity index (χ0v) is 14.8. The first-order valence-electron chi connectivity index (χ1n) is 7.90. The summed E-state index contributed by atoms with van der Waals surface area (Å²) in [7, 11) is 1.36. The van der Waals surface area contributed by atoms with Crippen LogP contribution >= 0.6 is 0 Å². The van der Waals surface area contributed by atoms with Crippen LogP contribution in [0, 0.1) is 0 Å². The van der Waals surface area contributed by atoms with Crippen LogP contribution < -0.4 is 10.5 Å². The van der Waals surface area contributed by atoms with Gasteiger partial charge < -0.3 is 19.9 Å². The molecule has 2 N–H and O–H groups in total. The lowest BCUT2D eigenvalue weighted by molar-refractivity contribution is -0.0435. The van der Waals surface area contributed by atoms with Crippen LogP contribution in [0.15, 0.2) is 24.3 Å². The first kappa shape index (κ1) is 19.5. The van der Waals surface area contributed by atoms with Crippen molar-refractivity contribution in [3.63, 3.8) is 0 Å². The van der Waals surface area contributed by atoms with Gasteiger partial charge in [0.1, 0.15) is 11.4 Å². The summed E-state index contributed by atoms with van der Waals surface area (Å²) in [5.74, 6) is 0.357. The van der Waals surface area contributed by atoms with E-state index in [4.69, 9.17) is 15.2 Å². The fraction of sp³-hybridized carbons (Fsp3) is 0.611. The number of hydrogen-bond acceptors (Lipinski definition) is 5. The maximum Gasteiger partial charge on any atom is 0.337 e. The molecule has 0 radical (unpaired) electrons. The van der Waals surface area contributed by atoms with E-state index < -0.39 is 0 Å². The molecular weight excluding hydrogens is 294 g/mol. The lowest BCUT2D eigenvalue weighted by atomic mass is 10.0. The monoisotopic (exact) mass is 323 g/mol. The second kappa shape index (κ2) is 8.31. The number of rotatable bonds is 9. The average molecular weight is 323 g/mol. The van der Waals surface area contributed by atoms with E-state index in [2.05, 4.69) is 4.74 Å². The van der Waals surface area contributed by atoms with E-state index in [0.29, 0.717) is 24.5 Å². The molecule has 0 atom stereocenters. The molecule has 5 nitrogen and oxygen atoms in total. The molecule has 0 saturated heterocycles. The molecule has 0 aromatic heterocycles. The zero-order valence-electron chi connectivity index (χ0n) is 14.8. The molecule has 0 aliphatic rings. The van der Waals surface area contributed by atoms with Gasteiger partial charge in [-0.15, -0.1) is 0 Å². The van der Waals surface area contributed by atoms with Crippen molar-refractivity contribution in [2.24, 2.45) is 5.73 Å². The summed E-state index contributed by atoms with van der Waals surface area (Å²) < 4.78 is 16.6. The molecule has 0 fully saturated rings. The molecule has 0 bridgehead atoms. The van der Waals surface area contributed by atoms with E-state index in [1.807, 2.05) is 27.7 Å². The van der Waals surface area contributed by atoms with Crippen molar-refractivity contribution in [1.82, 2.24) is 0 Å². The summed E-state index contributed by atoms with van der Waals surface area (Å²) >= 11 is 0. The van der Waals surface area contributed by atoms with Gasteiger partial charge in [0.2, 0.25) is 0 Å². The third-order valence-corrected chi connectivity index (χ3v) is 3.61. The molecule has 23 heavy (non-hydrogen) atoms. The standard InChI is InChI=1S/C18H29NO4/c1-17(2,10-12-19)22-13-11-18(3,4)23-15-8-6-14(7-9-15)16(20)21-5/h6-9H,10-13,19H2,1-5H3. The van der Waals surface area contributed by atoms with Gasteiger partial charge in [0.25, 0.3) is 0 Å². The molecule has 5 heteroatoms. The maximum absolute atomic E-state index is 11.4. The fourth-order valence-electron chi connectivity index (χ4n) is 2.14. The molecule has 0 spiro atoms. The van der Waals surface area contributed by atoms with E-state index in [1.165, 1.54) is 7.11 Å². The van der Waals surface area contributed by atoms with Crippen molar-refractivity contribution in [2.75, 3.05) is 20.3 Å². The summed E-state index contributed by atoms with van der Waals surface area (Å²) in [6, 6.07) is 6.93. The molecular formula is C18H29NO4. The molecule has 1 aromatic carbocycles. The van der Waals surface area contributed by atoms with Crippen molar-refractivity contribution < 1.29 is 19.0 Å². The molecule has 0 aliphatic heterocycles. The Morgan fingerprint density at radius 3 is 2.17 bits per heavy atom. The van der Waals surface area contributed by atoms with Crippen molar-refractivity contribution >= 4 is 5.97 Å². The molecule has 0 heterocycles. The number of carbonyl (C=O) groups is 1. The van der Waals surface area contributed by atoms with Crippen molar-refractivity contribution in [1.29, 1.82) is 0 Å². The van der Waals surface area contributed by atoms with Crippen LogP contribution in [0.5, 0.6) is 5.75 Å². The minimum atomic E-state index is -0.369. The Hall–Kier alpha value is -1.59. The fourth-order valence-corrected chi connectivity index (χ4v) is 2.14. The largest absolute Gasteiger partial charge is 0.488 e.